The van der Waals surface area contributed by atoms with Gasteiger partial charge in [0.2, 0.25) is 5.56 Å². The van der Waals surface area contributed by atoms with Gasteiger partial charge in [0, 0.05) is 53.9 Å². The number of phenols is 1. The van der Waals surface area contributed by atoms with Gasteiger partial charge in [-0.1, -0.05) is 65.0 Å². The van der Waals surface area contributed by atoms with E-state index in [-0.39, 0.29) is 40.4 Å². The second kappa shape index (κ2) is 18.4. The van der Waals surface area contributed by atoms with E-state index in [4.69, 9.17) is 13.9 Å². The monoisotopic (exact) mass is 872 g/mol. The lowest BCUT2D eigenvalue weighted by molar-refractivity contribution is -0.127. The average Bonchev–Trinajstić information content (AvgIpc) is 3.68. The van der Waals surface area contributed by atoms with E-state index in [1.54, 1.807) is 28.4 Å². The first-order valence-electron chi connectivity index (χ1n) is 21.9. The number of ether oxygens (including phenoxy) is 2. The maximum atomic E-state index is 14.2. The summed E-state index contributed by atoms with van der Waals surface area (Å²) in [6.45, 7) is 27.4. The topological polar surface area (TPSA) is 125 Å². The molecular weight excluding hydrogens is 805 g/mol. The second-order valence-corrected chi connectivity index (χ2v) is 25.8. The SMILES string of the molecule is CC(C)c1cc(C(=O)N2CCOC3(CCN(Cc4cccc(CC(C)N(CC(O[Si](C)(C)C(C)(C)C)c5ccc(O)c6[nH]c(=O)ccc56)C(=O)OC(C)(C)C)c4)CC3)C2)cs1. The van der Waals surface area contributed by atoms with Gasteiger partial charge in [0.1, 0.15) is 11.4 Å². The lowest BCUT2D eigenvalue weighted by Crippen LogP contribution is -2.57. The molecule has 2 atom stereocenters. The van der Waals surface area contributed by atoms with E-state index in [1.807, 2.05) is 37.1 Å². The molecule has 6 rings (SSSR count). The fourth-order valence-corrected chi connectivity index (χ4v) is 10.3. The Morgan fingerprint density at radius 2 is 1.69 bits per heavy atom. The number of aromatic hydroxyl groups is 1. The lowest BCUT2D eigenvalue weighted by Gasteiger charge is -2.47. The number of nitrogens with one attached hydrogen (secondary N) is 1. The minimum absolute atomic E-state index is 0.0285. The zero-order valence-electron chi connectivity index (χ0n) is 38.2. The van der Waals surface area contributed by atoms with Crippen molar-refractivity contribution in [3.05, 3.63) is 97.5 Å². The van der Waals surface area contributed by atoms with Crippen molar-refractivity contribution in [3.8, 4) is 5.75 Å². The van der Waals surface area contributed by atoms with Gasteiger partial charge in [-0.05, 0) is 106 Å². The van der Waals surface area contributed by atoms with E-state index in [0.717, 1.165) is 49.2 Å². The van der Waals surface area contributed by atoms with Crippen LogP contribution in [0.1, 0.15) is 119 Å². The van der Waals surface area contributed by atoms with Crippen LogP contribution >= 0.6 is 11.3 Å². The fourth-order valence-electron chi connectivity index (χ4n) is 8.16. The molecule has 2 unspecified atom stereocenters. The minimum Gasteiger partial charge on any atom is -0.506 e. The molecule has 2 aromatic carbocycles. The number of hydrogen-bond acceptors (Lipinski definition) is 9. The van der Waals surface area contributed by atoms with Crippen molar-refractivity contribution < 1.29 is 28.6 Å². The summed E-state index contributed by atoms with van der Waals surface area (Å²) in [6, 6.07) is 17.0. The number of carbonyl (C=O) groups excluding carboxylic acids is 2. The van der Waals surface area contributed by atoms with E-state index in [9.17, 15) is 19.5 Å². The Bertz CT molecular complexity index is 2230. The van der Waals surface area contributed by atoms with E-state index >= 15 is 0 Å². The Labute approximate surface area is 367 Å². The van der Waals surface area contributed by atoms with Crippen LogP contribution in [0.4, 0.5) is 4.79 Å². The van der Waals surface area contributed by atoms with Crippen molar-refractivity contribution in [1.82, 2.24) is 19.7 Å². The van der Waals surface area contributed by atoms with E-state index in [1.165, 1.54) is 16.5 Å². The lowest BCUT2D eigenvalue weighted by atomic mass is 9.89. The van der Waals surface area contributed by atoms with Crippen molar-refractivity contribution in [2.75, 3.05) is 39.3 Å². The predicted molar refractivity (Wildman–Crippen MR) is 247 cm³/mol. The quantitative estimate of drug-likeness (QED) is 0.135. The highest BCUT2D eigenvalue weighted by Gasteiger charge is 2.43. The molecule has 61 heavy (non-hydrogen) atoms. The van der Waals surface area contributed by atoms with Crippen LogP contribution < -0.4 is 5.56 Å². The van der Waals surface area contributed by atoms with Gasteiger partial charge in [0.05, 0.1) is 42.5 Å². The van der Waals surface area contributed by atoms with Crippen molar-refractivity contribution in [1.29, 1.82) is 0 Å². The molecule has 2 fully saturated rings. The first-order valence-corrected chi connectivity index (χ1v) is 25.7. The summed E-state index contributed by atoms with van der Waals surface area (Å²) >= 11 is 1.66. The number of morpholine rings is 1. The molecule has 0 saturated carbocycles. The third-order valence-electron chi connectivity index (χ3n) is 12.7. The number of benzene rings is 2. The third kappa shape index (κ3) is 11.3. The summed E-state index contributed by atoms with van der Waals surface area (Å²) in [5, 5.41) is 13.3. The molecule has 2 saturated heterocycles. The Morgan fingerprint density at radius 3 is 2.34 bits per heavy atom. The fraction of sp³-hybridized carbons (Fsp3) is 0.562. The van der Waals surface area contributed by atoms with Crippen molar-refractivity contribution in [3.63, 3.8) is 0 Å². The highest BCUT2D eigenvalue weighted by Crippen LogP contribution is 2.42. The number of aromatic nitrogens is 1. The first kappa shape index (κ1) is 46.5. The van der Waals surface area contributed by atoms with Crippen LogP contribution in [-0.2, 0) is 26.9 Å². The Hall–Kier alpha value is -4.01. The third-order valence-corrected chi connectivity index (χ3v) is 18.4. The molecule has 1 spiro atoms. The molecule has 332 valence electrons. The van der Waals surface area contributed by atoms with Crippen molar-refractivity contribution in [2.24, 2.45) is 0 Å². The van der Waals surface area contributed by atoms with Gasteiger partial charge in [0.15, 0.2) is 8.32 Å². The van der Waals surface area contributed by atoms with Crippen LogP contribution in [0.15, 0.2) is 64.8 Å². The van der Waals surface area contributed by atoms with Gasteiger partial charge >= 0.3 is 6.09 Å². The molecule has 2 N–H and O–H groups in total. The largest absolute Gasteiger partial charge is 0.506 e. The van der Waals surface area contributed by atoms with Gasteiger partial charge in [-0.15, -0.1) is 11.3 Å². The summed E-state index contributed by atoms with van der Waals surface area (Å²) in [7, 11) is -2.43. The molecule has 2 aliphatic rings. The highest BCUT2D eigenvalue weighted by molar-refractivity contribution is 7.10. The number of hydrogen-bond donors (Lipinski definition) is 2. The van der Waals surface area contributed by atoms with Crippen LogP contribution in [0, 0.1) is 0 Å². The number of nitrogens with zero attached hydrogens (tertiary/aromatic N) is 3. The number of carbonyl (C=O) groups is 2. The molecule has 4 heterocycles. The molecule has 0 radical (unpaired) electrons. The summed E-state index contributed by atoms with van der Waals surface area (Å²) in [5.41, 5.74) is 2.86. The second-order valence-electron chi connectivity index (χ2n) is 20.1. The number of pyridine rings is 1. The highest BCUT2D eigenvalue weighted by atomic mass is 32.1. The number of aromatic amines is 1. The number of H-pyrrole nitrogens is 1. The number of phenolic OH excluding ortho intramolecular Hbond substituents is 1. The number of thiophene rings is 1. The standard InChI is InChI=1S/C48H68N4O7SSi/c1-32(2)41-27-36(30-60-41)44(55)51-23-24-57-48(31-51)19-21-50(22-20-48)28-35-14-12-13-34(26-35)25-33(3)52(45(56)58-46(4,5)6)29-40(59-61(10,11)47(7,8)9)37-15-17-39(53)43-38(37)16-18-42(54)49-43/h12-18,26-27,30,32-33,40,53H,19-25,28-29,31H2,1-11H3,(H,49,54). The molecule has 2 amide bonds. The number of rotatable bonds is 12. The van der Waals surface area contributed by atoms with Crippen LogP contribution in [0.2, 0.25) is 18.1 Å². The predicted octanol–water partition coefficient (Wildman–Crippen LogP) is 9.86. The maximum Gasteiger partial charge on any atom is 0.410 e. The minimum atomic E-state index is -2.43. The molecule has 11 nitrogen and oxygen atoms in total. The van der Waals surface area contributed by atoms with E-state index < -0.39 is 26.1 Å². The Morgan fingerprint density at radius 1 is 0.984 bits per heavy atom. The van der Waals surface area contributed by atoms with Gasteiger partial charge in [-0.25, -0.2) is 4.79 Å². The Kier molecular flexibility index (Phi) is 14.0. The van der Waals surface area contributed by atoms with Gasteiger partial charge < -0.3 is 33.8 Å². The number of likely N-dealkylation sites (tertiary alicyclic amines) is 1. The normalized spacial score (nSPS) is 17.5. The van der Waals surface area contributed by atoms with Crippen LogP contribution in [0.3, 0.4) is 0 Å². The summed E-state index contributed by atoms with van der Waals surface area (Å²) in [6.07, 6.45) is 1.31. The van der Waals surface area contributed by atoms with Crippen LogP contribution in [-0.4, -0.2) is 102 Å². The summed E-state index contributed by atoms with van der Waals surface area (Å²) in [5.74, 6) is 0.483. The zero-order valence-corrected chi connectivity index (χ0v) is 40.0. The van der Waals surface area contributed by atoms with Crippen molar-refractivity contribution in [2.45, 2.75) is 136 Å². The smallest absolute Gasteiger partial charge is 0.410 e. The number of fused-ring (bicyclic) bond motifs is 1. The van der Waals surface area contributed by atoms with E-state index in [0.29, 0.717) is 42.9 Å². The van der Waals surface area contributed by atoms with Gasteiger partial charge in [-0.3, -0.25) is 14.5 Å². The summed E-state index contributed by atoms with van der Waals surface area (Å²) < 4.78 is 19.6. The van der Waals surface area contributed by atoms with Gasteiger partial charge in [-0.2, -0.15) is 0 Å². The maximum absolute atomic E-state index is 14.2. The van der Waals surface area contributed by atoms with Crippen LogP contribution in [0.25, 0.3) is 10.9 Å². The van der Waals surface area contributed by atoms with E-state index in [2.05, 4.69) is 94.9 Å². The van der Waals surface area contributed by atoms with Crippen LogP contribution in [0.5, 0.6) is 5.75 Å². The Balaban J connectivity index is 1.17. The van der Waals surface area contributed by atoms with Gasteiger partial charge in [0.25, 0.3) is 5.91 Å². The number of amides is 2. The molecule has 2 aromatic heterocycles. The molecule has 13 heteroatoms. The molecule has 4 aromatic rings. The molecule has 0 bridgehead atoms. The average molecular weight is 873 g/mol. The first-order chi connectivity index (χ1) is 28.5. The molecule has 0 aliphatic carbocycles. The molecular formula is C48H68N4O7SSi. The number of piperidine rings is 1. The summed E-state index contributed by atoms with van der Waals surface area (Å²) in [4.78, 5) is 50.4. The van der Waals surface area contributed by atoms with Crippen molar-refractivity contribution >= 4 is 42.6 Å². The molecule has 2 aliphatic heterocycles. The zero-order chi connectivity index (χ0) is 44.5.